The SMILES string of the molecule is CC.c1cncc(C2CC23CCCN3)c1. The van der Waals surface area contributed by atoms with Crippen LogP contribution in [0.1, 0.15) is 44.6 Å². The van der Waals surface area contributed by atoms with Gasteiger partial charge in [0.1, 0.15) is 0 Å². The highest BCUT2D eigenvalue weighted by Crippen LogP contribution is 2.55. The minimum atomic E-state index is 0.475. The van der Waals surface area contributed by atoms with E-state index in [1.165, 1.54) is 31.4 Å². The second-order valence-electron chi connectivity index (χ2n) is 4.23. The zero-order valence-electron chi connectivity index (χ0n) is 9.66. The van der Waals surface area contributed by atoms with Gasteiger partial charge in [-0.25, -0.2) is 0 Å². The molecular formula is C13H20N2. The summed E-state index contributed by atoms with van der Waals surface area (Å²) in [5.41, 5.74) is 1.89. The van der Waals surface area contributed by atoms with Crippen molar-refractivity contribution in [3.63, 3.8) is 0 Å². The van der Waals surface area contributed by atoms with Crippen molar-refractivity contribution in [2.24, 2.45) is 0 Å². The lowest BCUT2D eigenvalue weighted by Gasteiger charge is -2.08. The summed E-state index contributed by atoms with van der Waals surface area (Å²) >= 11 is 0. The first-order valence-corrected chi connectivity index (χ1v) is 6.06. The number of hydrogen-bond acceptors (Lipinski definition) is 2. The minimum absolute atomic E-state index is 0.475. The van der Waals surface area contributed by atoms with Gasteiger partial charge >= 0.3 is 0 Å². The maximum atomic E-state index is 4.17. The molecule has 1 aromatic rings. The third-order valence-electron chi connectivity index (χ3n) is 3.44. The first kappa shape index (κ1) is 10.6. The van der Waals surface area contributed by atoms with Crippen molar-refractivity contribution in [2.75, 3.05) is 6.54 Å². The largest absolute Gasteiger partial charge is 0.311 e. The molecule has 3 rings (SSSR count). The van der Waals surface area contributed by atoms with E-state index in [9.17, 15) is 0 Å². The molecule has 0 bridgehead atoms. The predicted octanol–water partition coefficient (Wildman–Crippen LogP) is 2.72. The van der Waals surface area contributed by atoms with Gasteiger partial charge in [-0.1, -0.05) is 19.9 Å². The molecule has 2 heteroatoms. The predicted molar refractivity (Wildman–Crippen MR) is 62.9 cm³/mol. The Kier molecular flexibility index (Phi) is 3.06. The third kappa shape index (κ3) is 1.91. The summed E-state index contributed by atoms with van der Waals surface area (Å²) in [5.74, 6) is 0.740. The van der Waals surface area contributed by atoms with E-state index >= 15 is 0 Å². The van der Waals surface area contributed by atoms with Crippen LogP contribution in [-0.4, -0.2) is 17.1 Å². The molecule has 1 N–H and O–H groups in total. The number of nitrogens with one attached hydrogen (secondary N) is 1. The van der Waals surface area contributed by atoms with Crippen LogP contribution in [0.2, 0.25) is 0 Å². The van der Waals surface area contributed by atoms with Crippen molar-refractivity contribution < 1.29 is 0 Å². The average Bonchev–Trinajstić information content (AvgIpc) is 2.81. The molecule has 2 fully saturated rings. The Balaban J connectivity index is 0.000000404. The zero-order chi connectivity index (χ0) is 10.7. The molecule has 15 heavy (non-hydrogen) atoms. The van der Waals surface area contributed by atoms with E-state index in [0.717, 1.165) is 5.92 Å². The first-order valence-electron chi connectivity index (χ1n) is 6.06. The van der Waals surface area contributed by atoms with Gasteiger partial charge in [-0.05, 0) is 37.4 Å². The van der Waals surface area contributed by atoms with Crippen LogP contribution in [0.5, 0.6) is 0 Å². The van der Waals surface area contributed by atoms with Crippen LogP contribution >= 0.6 is 0 Å². The molecule has 1 saturated heterocycles. The zero-order valence-corrected chi connectivity index (χ0v) is 9.66. The molecular weight excluding hydrogens is 184 g/mol. The van der Waals surface area contributed by atoms with Gasteiger partial charge in [0, 0.05) is 23.9 Å². The van der Waals surface area contributed by atoms with E-state index in [2.05, 4.69) is 16.4 Å². The summed E-state index contributed by atoms with van der Waals surface area (Å²) in [7, 11) is 0. The molecule has 2 nitrogen and oxygen atoms in total. The van der Waals surface area contributed by atoms with E-state index in [-0.39, 0.29) is 0 Å². The lowest BCUT2D eigenvalue weighted by atomic mass is 10.1. The third-order valence-corrected chi connectivity index (χ3v) is 3.44. The van der Waals surface area contributed by atoms with Gasteiger partial charge in [0.15, 0.2) is 0 Å². The van der Waals surface area contributed by atoms with Gasteiger partial charge in [0.25, 0.3) is 0 Å². The highest BCUT2D eigenvalue weighted by molar-refractivity contribution is 5.32. The average molecular weight is 204 g/mol. The summed E-state index contributed by atoms with van der Waals surface area (Å²) in [4.78, 5) is 4.17. The molecule has 2 atom stereocenters. The fourth-order valence-corrected chi connectivity index (χ4v) is 2.63. The molecule has 82 valence electrons. The van der Waals surface area contributed by atoms with Crippen molar-refractivity contribution in [1.82, 2.24) is 10.3 Å². The van der Waals surface area contributed by atoms with Crippen LogP contribution in [0.15, 0.2) is 24.5 Å². The molecule has 2 heterocycles. The van der Waals surface area contributed by atoms with E-state index in [1.807, 2.05) is 32.3 Å². The standard InChI is InChI=1S/C11H14N2.C2H6/c1-3-9(8-12-5-1)10-7-11(10)4-2-6-13-11;1-2/h1,3,5,8,10,13H,2,4,6-7H2;1-2H3. The van der Waals surface area contributed by atoms with Crippen molar-refractivity contribution in [3.05, 3.63) is 30.1 Å². The highest BCUT2D eigenvalue weighted by Gasteiger charge is 2.55. The van der Waals surface area contributed by atoms with Gasteiger partial charge < -0.3 is 5.32 Å². The summed E-state index contributed by atoms with van der Waals surface area (Å²) < 4.78 is 0. The van der Waals surface area contributed by atoms with E-state index in [0.29, 0.717) is 5.54 Å². The van der Waals surface area contributed by atoms with Gasteiger partial charge in [-0.3, -0.25) is 4.98 Å². The Morgan fingerprint density at radius 1 is 1.47 bits per heavy atom. The molecule has 1 spiro atoms. The normalized spacial score (nSPS) is 32.3. The molecule has 0 amide bonds. The van der Waals surface area contributed by atoms with Crippen molar-refractivity contribution in [3.8, 4) is 0 Å². The van der Waals surface area contributed by atoms with Crippen LogP contribution in [0, 0.1) is 0 Å². The highest BCUT2D eigenvalue weighted by atomic mass is 15.1. The molecule has 2 aliphatic rings. The molecule has 0 aromatic carbocycles. The maximum Gasteiger partial charge on any atom is 0.0303 e. The molecule has 1 aromatic heterocycles. The Morgan fingerprint density at radius 3 is 2.93 bits per heavy atom. The molecule has 1 aliphatic carbocycles. The summed E-state index contributed by atoms with van der Waals surface area (Å²) in [6.45, 7) is 5.21. The second-order valence-corrected chi connectivity index (χ2v) is 4.23. The van der Waals surface area contributed by atoms with Crippen LogP contribution in [0.3, 0.4) is 0 Å². The summed E-state index contributed by atoms with van der Waals surface area (Å²) in [6, 6.07) is 4.24. The van der Waals surface area contributed by atoms with Crippen LogP contribution in [0.25, 0.3) is 0 Å². The van der Waals surface area contributed by atoms with Crippen LogP contribution in [-0.2, 0) is 0 Å². The topological polar surface area (TPSA) is 24.9 Å². The van der Waals surface area contributed by atoms with Crippen LogP contribution < -0.4 is 5.32 Å². The van der Waals surface area contributed by atoms with Gasteiger partial charge in [-0.2, -0.15) is 0 Å². The smallest absolute Gasteiger partial charge is 0.0303 e. The maximum absolute atomic E-state index is 4.17. The number of nitrogens with zero attached hydrogens (tertiary/aromatic N) is 1. The summed E-state index contributed by atoms with van der Waals surface area (Å²) in [5, 5.41) is 3.63. The van der Waals surface area contributed by atoms with E-state index in [1.54, 1.807) is 0 Å². The quantitative estimate of drug-likeness (QED) is 0.761. The summed E-state index contributed by atoms with van der Waals surface area (Å²) in [6.07, 6.45) is 7.88. The Morgan fingerprint density at radius 2 is 2.33 bits per heavy atom. The fourth-order valence-electron chi connectivity index (χ4n) is 2.63. The number of hydrogen-bond donors (Lipinski definition) is 1. The van der Waals surface area contributed by atoms with Crippen molar-refractivity contribution in [1.29, 1.82) is 0 Å². The van der Waals surface area contributed by atoms with E-state index < -0.39 is 0 Å². The number of rotatable bonds is 1. The Hall–Kier alpha value is -0.890. The number of aromatic nitrogens is 1. The van der Waals surface area contributed by atoms with E-state index in [4.69, 9.17) is 0 Å². The minimum Gasteiger partial charge on any atom is -0.311 e. The molecule has 2 unspecified atom stereocenters. The van der Waals surface area contributed by atoms with Crippen LogP contribution in [0.4, 0.5) is 0 Å². The lowest BCUT2D eigenvalue weighted by molar-refractivity contribution is 0.578. The second kappa shape index (κ2) is 4.31. The Bertz CT molecular complexity index is 302. The molecule has 1 saturated carbocycles. The first-order chi connectivity index (χ1) is 7.41. The molecule has 1 aliphatic heterocycles. The molecule has 0 radical (unpaired) electrons. The lowest BCUT2D eigenvalue weighted by Crippen LogP contribution is -2.25. The van der Waals surface area contributed by atoms with Gasteiger partial charge in [-0.15, -0.1) is 0 Å². The van der Waals surface area contributed by atoms with Crippen molar-refractivity contribution in [2.45, 2.75) is 44.6 Å². The van der Waals surface area contributed by atoms with Gasteiger partial charge in [0.2, 0.25) is 0 Å². The fraction of sp³-hybridized carbons (Fsp3) is 0.615. The van der Waals surface area contributed by atoms with Gasteiger partial charge in [0.05, 0.1) is 0 Å². The van der Waals surface area contributed by atoms with Crippen molar-refractivity contribution >= 4 is 0 Å². The number of pyridine rings is 1. The monoisotopic (exact) mass is 204 g/mol. The Labute approximate surface area is 92.1 Å².